The molecule has 0 saturated heterocycles. The maximum Gasteiger partial charge on any atom is 0.266 e. The number of nitrogens with zero attached hydrogens (tertiary/aromatic N) is 4. The number of nitrogens with one attached hydrogen (secondary N) is 2. The average Bonchev–Trinajstić information content (AvgIpc) is 3.41. The number of aryl methyl sites for hydroxylation is 3. The maximum atomic E-state index is 13.5. The molecule has 2 amide bonds. The Morgan fingerprint density at radius 2 is 1.84 bits per heavy atom. The molecule has 3 aromatic heterocycles. The van der Waals surface area contributed by atoms with Crippen LogP contribution in [0.2, 0.25) is 0 Å². The van der Waals surface area contributed by atoms with Crippen molar-refractivity contribution in [1.82, 2.24) is 19.7 Å². The molecule has 0 aliphatic rings. The molecule has 9 nitrogen and oxygen atoms in total. The van der Waals surface area contributed by atoms with Gasteiger partial charge in [-0.25, -0.2) is 4.98 Å². The molecule has 0 radical (unpaired) electrons. The molecular weight excluding hydrogens is 508 g/mol. The van der Waals surface area contributed by atoms with Gasteiger partial charge in [-0.15, -0.1) is 21.5 Å². The summed E-state index contributed by atoms with van der Waals surface area (Å²) >= 11 is 2.50. The first-order chi connectivity index (χ1) is 17.6. The Morgan fingerprint density at radius 1 is 1.08 bits per heavy atom. The van der Waals surface area contributed by atoms with E-state index in [1.165, 1.54) is 33.6 Å². The second-order valence-corrected chi connectivity index (χ2v) is 11.5. The van der Waals surface area contributed by atoms with Crippen LogP contribution in [0.4, 0.5) is 10.8 Å². The standard InChI is InChI=1S/C26H30N6O3S2/c1-7-18(22(33)29-26-31-30-19(36-26)10-13(2)3)32-12-27-24-20(25(32)35)16(6)21(37-24)23(34)28-17-9-8-14(4)11-15(17)5/h8-9,11-13,18H,7,10H2,1-6H3,(H,28,34)(H,29,31,33). The van der Waals surface area contributed by atoms with Crippen LogP contribution in [0.5, 0.6) is 0 Å². The summed E-state index contributed by atoms with van der Waals surface area (Å²) in [6.45, 7) is 11.7. The molecule has 11 heteroatoms. The predicted octanol–water partition coefficient (Wildman–Crippen LogP) is 5.28. The highest BCUT2D eigenvalue weighted by Crippen LogP contribution is 2.29. The van der Waals surface area contributed by atoms with Crippen molar-refractivity contribution in [3.63, 3.8) is 0 Å². The Hall–Kier alpha value is -3.44. The number of aromatic nitrogens is 4. The van der Waals surface area contributed by atoms with Gasteiger partial charge in [0.1, 0.15) is 15.9 Å². The van der Waals surface area contributed by atoms with Crippen LogP contribution in [0.15, 0.2) is 29.3 Å². The largest absolute Gasteiger partial charge is 0.321 e. The van der Waals surface area contributed by atoms with Gasteiger partial charge in [0.25, 0.3) is 11.5 Å². The van der Waals surface area contributed by atoms with E-state index in [0.717, 1.165) is 22.6 Å². The topological polar surface area (TPSA) is 119 Å². The van der Waals surface area contributed by atoms with Crippen LogP contribution in [0.25, 0.3) is 10.2 Å². The fourth-order valence-electron chi connectivity index (χ4n) is 4.14. The van der Waals surface area contributed by atoms with Crippen LogP contribution < -0.4 is 16.2 Å². The Bertz CT molecular complexity index is 1540. The van der Waals surface area contributed by atoms with Gasteiger partial charge in [-0.05, 0) is 50.3 Å². The lowest BCUT2D eigenvalue weighted by atomic mass is 10.1. The minimum absolute atomic E-state index is 0.295. The summed E-state index contributed by atoms with van der Waals surface area (Å²) in [6, 6.07) is 5.01. The van der Waals surface area contributed by atoms with Gasteiger partial charge in [0, 0.05) is 12.1 Å². The van der Waals surface area contributed by atoms with Gasteiger partial charge in [-0.2, -0.15) is 0 Å². The van der Waals surface area contributed by atoms with Crippen molar-refractivity contribution in [1.29, 1.82) is 0 Å². The van der Waals surface area contributed by atoms with Crippen molar-refractivity contribution in [3.8, 4) is 0 Å². The molecule has 37 heavy (non-hydrogen) atoms. The molecule has 4 aromatic rings. The minimum atomic E-state index is -0.784. The zero-order chi connectivity index (χ0) is 26.9. The normalized spacial score (nSPS) is 12.2. The number of hydrogen-bond acceptors (Lipinski definition) is 8. The van der Waals surface area contributed by atoms with Crippen molar-refractivity contribution < 1.29 is 9.59 Å². The quantitative estimate of drug-likeness (QED) is 0.315. The molecule has 194 valence electrons. The number of carbonyl (C=O) groups is 2. The summed E-state index contributed by atoms with van der Waals surface area (Å²) in [5.74, 6) is -0.228. The molecule has 0 fully saturated rings. The number of anilines is 2. The highest BCUT2D eigenvalue weighted by molar-refractivity contribution is 7.20. The van der Waals surface area contributed by atoms with Crippen LogP contribution in [-0.2, 0) is 11.2 Å². The molecule has 1 aromatic carbocycles. The lowest BCUT2D eigenvalue weighted by molar-refractivity contribution is -0.119. The lowest BCUT2D eigenvalue weighted by Crippen LogP contribution is -2.33. The first-order valence-electron chi connectivity index (χ1n) is 12.1. The first-order valence-corrected chi connectivity index (χ1v) is 13.7. The van der Waals surface area contributed by atoms with Crippen LogP contribution in [0.3, 0.4) is 0 Å². The van der Waals surface area contributed by atoms with E-state index in [9.17, 15) is 14.4 Å². The summed E-state index contributed by atoms with van der Waals surface area (Å²) < 4.78 is 1.33. The highest BCUT2D eigenvalue weighted by atomic mass is 32.1. The fourth-order valence-corrected chi connectivity index (χ4v) is 6.13. The van der Waals surface area contributed by atoms with Gasteiger partial charge in [-0.3, -0.25) is 24.3 Å². The summed E-state index contributed by atoms with van der Waals surface area (Å²) in [5, 5.41) is 15.5. The van der Waals surface area contributed by atoms with Gasteiger partial charge in [0.15, 0.2) is 0 Å². The van der Waals surface area contributed by atoms with Crippen molar-refractivity contribution in [2.75, 3.05) is 10.6 Å². The Morgan fingerprint density at radius 3 is 2.51 bits per heavy atom. The third kappa shape index (κ3) is 5.62. The fraction of sp³-hybridized carbons (Fsp3) is 0.385. The smallest absolute Gasteiger partial charge is 0.266 e. The van der Waals surface area contributed by atoms with Gasteiger partial charge in [-0.1, -0.05) is 49.8 Å². The van der Waals surface area contributed by atoms with E-state index in [2.05, 4.69) is 39.7 Å². The van der Waals surface area contributed by atoms with Crippen molar-refractivity contribution in [3.05, 3.63) is 61.5 Å². The molecule has 1 unspecified atom stereocenters. The number of amides is 2. The number of fused-ring (bicyclic) bond motifs is 1. The molecule has 0 aliphatic carbocycles. The molecule has 4 rings (SSSR count). The lowest BCUT2D eigenvalue weighted by Gasteiger charge is -2.16. The van der Waals surface area contributed by atoms with Crippen LogP contribution in [0, 0.1) is 26.7 Å². The Kier molecular flexibility index (Phi) is 7.84. The van der Waals surface area contributed by atoms with Crippen molar-refractivity contribution >= 4 is 55.5 Å². The van der Waals surface area contributed by atoms with Gasteiger partial charge in [0.05, 0.1) is 16.6 Å². The van der Waals surface area contributed by atoms with E-state index in [0.29, 0.717) is 43.8 Å². The summed E-state index contributed by atoms with van der Waals surface area (Å²) in [7, 11) is 0. The Balaban J connectivity index is 1.61. The van der Waals surface area contributed by atoms with Crippen LogP contribution in [0.1, 0.15) is 64.6 Å². The molecule has 2 N–H and O–H groups in total. The van der Waals surface area contributed by atoms with Crippen LogP contribution >= 0.6 is 22.7 Å². The van der Waals surface area contributed by atoms with Gasteiger partial charge >= 0.3 is 0 Å². The third-order valence-corrected chi connectivity index (χ3v) is 8.08. The molecule has 1 atom stereocenters. The highest BCUT2D eigenvalue weighted by Gasteiger charge is 2.25. The number of hydrogen-bond donors (Lipinski definition) is 2. The zero-order valence-electron chi connectivity index (χ0n) is 21.7. The van der Waals surface area contributed by atoms with Gasteiger partial charge in [0.2, 0.25) is 11.0 Å². The van der Waals surface area contributed by atoms with E-state index in [1.54, 1.807) is 6.92 Å². The van der Waals surface area contributed by atoms with Crippen LogP contribution in [-0.4, -0.2) is 31.6 Å². The SMILES string of the molecule is CCC(C(=O)Nc1nnc(CC(C)C)s1)n1cnc2sc(C(=O)Nc3ccc(C)cc3C)c(C)c2c1=O. The minimum Gasteiger partial charge on any atom is -0.321 e. The van der Waals surface area contributed by atoms with E-state index < -0.39 is 6.04 Å². The van der Waals surface area contributed by atoms with E-state index in [-0.39, 0.29) is 17.4 Å². The number of rotatable bonds is 8. The zero-order valence-corrected chi connectivity index (χ0v) is 23.3. The molecule has 0 aliphatic heterocycles. The predicted molar refractivity (Wildman–Crippen MR) is 149 cm³/mol. The van der Waals surface area contributed by atoms with E-state index in [1.807, 2.05) is 39.0 Å². The molecule has 3 heterocycles. The molecular formula is C26H30N6O3S2. The Labute approximate surface area is 223 Å². The molecule has 0 saturated carbocycles. The van der Waals surface area contributed by atoms with E-state index in [4.69, 9.17) is 0 Å². The second kappa shape index (κ2) is 10.9. The van der Waals surface area contributed by atoms with Crippen molar-refractivity contribution in [2.24, 2.45) is 5.92 Å². The summed E-state index contributed by atoms with van der Waals surface area (Å²) in [5.41, 5.74) is 2.97. The second-order valence-electron chi connectivity index (χ2n) is 9.48. The first kappa shape index (κ1) is 26.6. The molecule has 0 spiro atoms. The van der Waals surface area contributed by atoms with Crippen molar-refractivity contribution in [2.45, 2.75) is 60.4 Å². The summed E-state index contributed by atoms with van der Waals surface area (Å²) in [6.07, 6.45) is 2.53. The number of thiophene rings is 1. The average molecular weight is 539 g/mol. The summed E-state index contributed by atoms with van der Waals surface area (Å²) in [4.78, 5) is 45.0. The third-order valence-electron chi connectivity index (χ3n) is 6.02. The maximum absolute atomic E-state index is 13.5. The van der Waals surface area contributed by atoms with Gasteiger partial charge < -0.3 is 5.32 Å². The van der Waals surface area contributed by atoms with E-state index >= 15 is 0 Å². The monoisotopic (exact) mass is 538 g/mol. The number of carbonyl (C=O) groups excluding carboxylic acids is 2. The number of benzene rings is 1. The molecule has 0 bridgehead atoms.